The molecule has 2 rings (SSSR count). The molecule has 2 aromatic rings. The van der Waals surface area contributed by atoms with Crippen LogP contribution in [0.5, 0.6) is 0 Å². The van der Waals surface area contributed by atoms with Gasteiger partial charge in [-0.05, 0) is 11.1 Å². The molecule has 0 radical (unpaired) electrons. The van der Waals surface area contributed by atoms with Gasteiger partial charge in [0.2, 0.25) is 0 Å². The zero-order valence-corrected chi connectivity index (χ0v) is 18.8. The van der Waals surface area contributed by atoms with Crippen LogP contribution in [-0.4, -0.2) is 36.0 Å². The molecule has 0 aliphatic carbocycles. The number of hydrogen-bond acceptors (Lipinski definition) is 0. The Hall–Kier alpha value is -3.64. The topological polar surface area (TPSA) is 0 Å². The second kappa shape index (κ2) is 10.7. The largest absolute Gasteiger partial charge is 0.460 e. The monoisotopic (exact) mass is 602 g/mol. The van der Waals surface area contributed by atoms with E-state index in [1.807, 2.05) is 0 Å². The van der Waals surface area contributed by atoms with Crippen LogP contribution < -0.4 is 0 Å². The summed E-state index contributed by atoms with van der Waals surface area (Å²) in [6.45, 7) is 0. The predicted molar refractivity (Wildman–Crippen MR) is 109 cm³/mol. The Balaban J connectivity index is 2.98. The molecule has 0 aliphatic rings. The number of rotatable bonds is 6. The third kappa shape index (κ3) is 5.78. The lowest BCUT2D eigenvalue weighted by molar-refractivity contribution is -0.347. The highest BCUT2D eigenvalue weighted by Gasteiger charge is 2.76. The van der Waals surface area contributed by atoms with E-state index < -0.39 is 70.0 Å². The van der Waals surface area contributed by atoms with Crippen molar-refractivity contribution in [3.63, 3.8) is 0 Å². The first-order valence-electron chi connectivity index (χ1n) is 10.1. The quantitative estimate of drug-likeness (QED) is 0.228. The highest BCUT2D eigenvalue weighted by atomic mass is 19.4. The summed E-state index contributed by atoms with van der Waals surface area (Å²) in [5.74, 6) is -32.6. The summed E-state index contributed by atoms with van der Waals surface area (Å²) in [6, 6.07) is 8.13. The van der Waals surface area contributed by atoms with E-state index in [4.69, 9.17) is 0 Å². The van der Waals surface area contributed by atoms with Crippen LogP contribution in [0.1, 0.15) is 11.1 Å². The smallest absolute Gasteiger partial charge is 0.203 e. The van der Waals surface area contributed by atoms with E-state index in [0.717, 1.165) is 48.2 Å². The van der Waals surface area contributed by atoms with Crippen molar-refractivity contribution < 1.29 is 70.2 Å². The van der Waals surface area contributed by atoms with Gasteiger partial charge in [-0.25, -0.2) is 8.78 Å². The van der Waals surface area contributed by atoms with E-state index in [1.54, 1.807) is 0 Å². The number of allylic oxidation sites excluding steroid dienone is 4. The fourth-order valence-corrected chi connectivity index (χ4v) is 2.79. The van der Waals surface area contributed by atoms with E-state index in [1.165, 1.54) is 0 Å². The minimum atomic E-state index is -7.09. The summed E-state index contributed by atoms with van der Waals surface area (Å²) >= 11 is 0. The molecule has 2 aromatic carbocycles. The summed E-state index contributed by atoms with van der Waals surface area (Å²) in [7, 11) is 0. The molecular formula is C24H10F16. The minimum Gasteiger partial charge on any atom is -0.203 e. The lowest BCUT2D eigenvalue weighted by atomic mass is 9.97. The van der Waals surface area contributed by atoms with Gasteiger partial charge in [-0.2, -0.15) is 61.5 Å². The summed E-state index contributed by atoms with van der Waals surface area (Å²) in [5, 5.41) is 0. The zero-order valence-electron chi connectivity index (χ0n) is 18.8. The van der Waals surface area contributed by atoms with Crippen LogP contribution in [0.2, 0.25) is 0 Å². The molecule has 218 valence electrons. The first-order chi connectivity index (χ1) is 18.0. The molecule has 0 spiro atoms. The van der Waals surface area contributed by atoms with E-state index in [9.17, 15) is 70.2 Å². The normalized spacial score (nSPS) is 15.1. The maximum atomic E-state index is 14.7. The van der Waals surface area contributed by atoms with Crippen LogP contribution in [-0.2, 0) is 0 Å². The Morgan fingerprint density at radius 1 is 0.425 bits per heavy atom. The highest BCUT2D eigenvalue weighted by Crippen LogP contribution is 2.53. The molecule has 0 N–H and O–H groups in total. The molecule has 0 amide bonds. The van der Waals surface area contributed by atoms with Crippen LogP contribution in [0.15, 0.2) is 72.3 Å². The number of alkyl halides is 14. The Morgan fingerprint density at radius 3 is 0.900 bits per heavy atom. The Bertz CT molecular complexity index is 1220. The molecule has 40 heavy (non-hydrogen) atoms. The summed E-state index contributed by atoms with van der Waals surface area (Å²) in [4.78, 5) is 0. The maximum Gasteiger partial charge on any atom is 0.460 e. The maximum absolute atomic E-state index is 14.7. The Kier molecular flexibility index (Phi) is 8.74. The molecule has 0 aromatic heterocycles. The zero-order chi connectivity index (χ0) is 30.9. The SMILES string of the molecule is FC(=C(C#CC(=C(F)C(F)(F)C(F)(F)C(F)(F)F)c1ccccc1)c1ccccc1)C(F)(F)C(F)(F)C(F)(F)F. The van der Waals surface area contributed by atoms with Gasteiger partial charge >= 0.3 is 36.0 Å². The second-order valence-corrected chi connectivity index (χ2v) is 7.65. The van der Waals surface area contributed by atoms with Gasteiger partial charge in [0.1, 0.15) is 0 Å². The van der Waals surface area contributed by atoms with Crippen molar-refractivity contribution in [1.29, 1.82) is 0 Å². The van der Waals surface area contributed by atoms with Crippen LogP contribution in [0, 0.1) is 11.8 Å². The van der Waals surface area contributed by atoms with Crippen molar-refractivity contribution in [3.8, 4) is 11.8 Å². The summed E-state index contributed by atoms with van der Waals surface area (Å²) in [6.07, 6.45) is -14.1. The average molecular weight is 602 g/mol. The van der Waals surface area contributed by atoms with E-state index >= 15 is 0 Å². The molecular weight excluding hydrogens is 592 g/mol. The van der Waals surface area contributed by atoms with Gasteiger partial charge in [-0.15, -0.1) is 0 Å². The van der Waals surface area contributed by atoms with Gasteiger partial charge in [0.05, 0.1) is 11.1 Å². The molecule has 0 atom stereocenters. The number of hydrogen-bond donors (Lipinski definition) is 0. The average Bonchev–Trinajstić information content (AvgIpc) is 2.85. The van der Waals surface area contributed by atoms with Gasteiger partial charge in [-0.3, -0.25) is 0 Å². The third-order valence-corrected chi connectivity index (χ3v) is 4.93. The molecule has 0 saturated heterocycles. The molecule has 0 heterocycles. The molecule has 0 aliphatic heterocycles. The predicted octanol–water partition coefficient (Wildman–Crippen LogP) is 9.42. The third-order valence-electron chi connectivity index (χ3n) is 4.93. The second-order valence-electron chi connectivity index (χ2n) is 7.65. The van der Waals surface area contributed by atoms with Crippen LogP contribution >= 0.6 is 0 Å². The standard InChI is InChI=1S/C24H10F16/c25-17(19(27,28)21(31,32)23(35,36)37)15(13-7-3-1-4-8-13)11-12-16(14-9-5-2-6-10-14)18(26)20(29,30)22(33,34)24(38,39)40/h1-10H. The Labute approximate surface area is 213 Å². The fourth-order valence-electron chi connectivity index (χ4n) is 2.79. The fraction of sp³-hybridized carbons (Fsp3) is 0.250. The first kappa shape index (κ1) is 32.6. The first-order valence-corrected chi connectivity index (χ1v) is 10.1. The van der Waals surface area contributed by atoms with Gasteiger partial charge in [-0.1, -0.05) is 72.5 Å². The Morgan fingerprint density at radius 2 is 0.675 bits per heavy atom. The number of benzene rings is 2. The molecule has 0 bridgehead atoms. The van der Waals surface area contributed by atoms with Crippen LogP contribution in [0.3, 0.4) is 0 Å². The van der Waals surface area contributed by atoms with E-state index in [-0.39, 0.29) is 0 Å². The van der Waals surface area contributed by atoms with Crippen molar-refractivity contribution in [2.45, 2.75) is 36.0 Å². The van der Waals surface area contributed by atoms with Crippen molar-refractivity contribution >= 4 is 11.1 Å². The molecule has 0 unspecified atom stereocenters. The summed E-state index contributed by atoms with van der Waals surface area (Å²) < 4.78 is 215. The van der Waals surface area contributed by atoms with E-state index in [2.05, 4.69) is 0 Å². The van der Waals surface area contributed by atoms with E-state index in [0.29, 0.717) is 24.3 Å². The van der Waals surface area contributed by atoms with Crippen molar-refractivity contribution in [3.05, 3.63) is 83.4 Å². The van der Waals surface area contributed by atoms with Gasteiger partial charge in [0, 0.05) is 0 Å². The lowest BCUT2D eigenvalue weighted by Crippen LogP contribution is -2.52. The van der Waals surface area contributed by atoms with Crippen molar-refractivity contribution in [2.24, 2.45) is 0 Å². The van der Waals surface area contributed by atoms with Gasteiger partial charge in [0.15, 0.2) is 11.7 Å². The molecule has 16 heteroatoms. The van der Waals surface area contributed by atoms with Crippen LogP contribution in [0.4, 0.5) is 70.2 Å². The molecule has 0 nitrogen and oxygen atoms in total. The van der Waals surface area contributed by atoms with Crippen molar-refractivity contribution in [2.75, 3.05) is 0 Å². The van der Waals surface area contributed by atoms with Crippen LogP contribution in [0.25, 0.3) is 11.1 Å². The molecule has 0 saturated carbocycles. The molecule has 0 fully saturated rings. The van der Waals surface area contributed by atoms with Gasteiger partial charge < -0.3 is 0 Å². The summed E-state index contributed by atoms with van der Waals surface area (Å²) in [5.41, 5.74) is -6.18. The van der Waals surface area contributed by atoms with Gasteiger partial charge in [0.25, 0.3) is 0 Å². The van der Waals surface area contributed by atoms with Crippen molar-refractivity contribution in [1.82, 2.24) is 0 Å². The highest BCUT2D eigenvalue weighted by molar-refractivity contribution is 5.89. The number of halogens is 16. The lowest BCUT2D eigenvalue weighted by Gasteiger charge is -2.28. The minimum absolute atomic E-state index is 0.597.